The molecule has 0 radical (unpaired) electrons. The van der Waals surface area contributed by atoms with E-state index in [0.717, 1.165) is 16.3 Å². The molecule has 2 rings (SSSR count). The lowest BCUT2D eigenvalue weighted by Gasteiger charge is -2.13. The minimum Gasteiger partial charge on any atom is -0.493 e. The molecule has 0 saturated carbocycles. The van der Waals surface area contributed by atoms with E-state index in [4.69, 9.17) is 32.7 Å². The third kappa shape index (κ3) is 3.50. The highest BCUT2D eigenvalue weighted by Gasteiger charge is 2.09. The van der Waals surface area contributed by atoms with Crippen molar-refractivity contribution < 1.29 is 9.47 Å². The van der Waals surface area contributed by atoms with Crippen LogP contribution in [0.5, 0.6) is 11.5 Å². The molecule has 0 aliphatic heterocycles. The Hall–Kier alpha value is -1.58. The Morgan fingerprint density at radius 1 is 0.950 bits per heavy atom. The lowest BCUT2D eigenvalue weighted by atomic mass is 10.2. The molecule has 0 unspecified atom stereocenters. The van der Waals surface area contributed by atoms with Crippen molar-refractivity contribution in [2.45, 2.75) is 6.54 Å². The van der Waals surface area contributed by atoms with Gasteiger partial charge in [0.15, 0.2) is 11.5 Å². The SMILES string of the molecule is COc1cc(Cl)c(NCc2ccc(Cl)cc2)cc1OC. The maximum absolute atomic E-state index is 6.21. The van der Waals surface area contributed by atoms with Gasteiger partial charge < -0.3 is 14.8 Å². The zero-order valence-electron chi connectivity index (χ0n) is 11.2. The smallest absolute Gasteiger partial charge is 0.162 e. The molecule has 0 aliphatic rings. The van der Waals surface area contributed by atoms with Gasteiger partial charge in [0.05, 0.1) is 24.9 Å². The van der Waals surface area contributed by atoms with E-state index in [9.17, 15) is 0 Å². The summed E-state index contributed by atoms with van der Waals surface area (Å²) in [6, 6.07) is 11.2. The van der Waals surface area contributed by atoms with Gasteiger partial charge in [-0.15, -0.1) is 0 Å². The van der Waals surface area contributed by atoms with Crippen molar-refractivity contribution in [3.63, 3.8) is 0 Å². The summed E-state index contributed by atoms with van der Waals surface area (Å²) in [5.74, 6) is 1.24. The highest BCUT2D eigenvalue weighted by Crippen LogP contribution is 2.36. The van der Waals surface area contributed by atoms with Gasteiger partial charge in [-0.3, -0.25) is 0 Å². The Morgan fingerprint density at radius 3 is 2.15 bits per heavy atom. The Kier molecular flexibility index (Phi) is 4.99. The second kappa shape index (κ2) is 6.73. The maximum Gasteiger partial charge on any atom is 0.162 e. The standard InChI is InChI=1S/C15H15Cl2NO2/c1-19-14-7-12(17)13(8-15(14)20-2)18-9-10-3-5-11(16)6-4-10/h3-8,18H,9H2,1-2H3. The van der Waals surface area contributed by atoms with Crippen molar-refractivity contribution in [3.05, 3.63) is 52.0 Å². The monoisotopic (exact) mass is 311 g/mol. The van der Waals surface area contributed by atoms with Gasteiger partial charge in [0.1, 0.15) is 0 Å². The van der Waals surface area contributed by atoms with Crippen LogP contribution in [0, 0.1) is 0 Å². The molecule has 0 heterocycles. The Balaban J connectivity index is 2.14. The van der Waals surface area contributed by atoms with Crippen LogP contribution in [0.3, 0.4) is 0 Å². The largest absolute Gasteiger partial charge is 0.493 e. The average Bonchev–Trinajstić information content (AvgIpc) is 2.47. The summed E-state index contributed by atoms with van der Waals surface area (Å²) in [5, 5.41) is 4.56. The van der Waals surface area contributed by atoms with Crippen LogP contribution >= 0.6 is 23.2 Å². The van der Waals surface area contributed by atoms with Crippen molar-refractivity contribution in [2.24, 2.45) is 0 Å². The minimum atomic E-state index is 0.580. The van der Waals surface area contributed by atoms with Gasteiger partial charge in [-0.05, 0) is 17.7 Å². The normalized spacial score (nSPS) is 10.2. The number of methoxy groups -OCH3 is 2. The first kappa shape index (κ1) is 14.8. The van der Waals surface area contributed by atoms with Gasteiger partial charge in [0.2, 0.25) is 0 Å². The highest BCUT2D eigenvalue weighted by atomic mass is 35.5. The van der Waals surface area contributed by atoms with Crippen molar-refractivity contribution in [3.8, 4) is 11.5 Å². The van der Waals surface area contributed by atoms with E-state index in [1.807, 2.05) is 30.3 Å². The van der Waals surface area contributed by atoms with Crippen LogP contribution in [-0.2, 0) is 6.54 Å². The van der Waals surface area contributed by atoms with Crippen LogP contribution in [0.2, 0.25) is 10.0 Å². The topological polar surface area (TPSA) is 30.5 Å². The Labute approximate surface area is 128 Å². The van der Waals surface area contributed by atoms with Crippen molar-refractivity contribution in [2.75, 3.05) is 19.5 Å². The Bertz CT molecular complexity index is 585. The second-order valence-corrected chi connectivity index (χ2v) is 5.01. The molecule has 0 atom stereocenters. The number of anilines is 1. The highest BCUT2D eigenvalue weighted by molar-refractivity contribution is 6.33. The van der Waals surface area contributed by atoms with E-state index < -0.39 is 0 Å². The molecule has 5 heteroatoms. The molecule has 3 nitrogen and oxygen atoms in total. The fraction of sp³-hybridized carbons (Fsp3) is 0.200. The van der Waals surface area contributed by atoms with Crippen LogP contribution in [0.25, 0.3) is 0 Å². The van der Waals surface area contributed by atoms with Crippen LogP contribution in [0.1, 0.15) is 5.56 Å². The van der Waals surface area contributed by atoms with Gasteiger partial charge in [-0.25, -0.2) is 0 Å². The van der Waals surface area contributed by atoms with Crippen molar-refractivity contribution in [1.29, 1.82) is 0 Å². The number of nitrogens with one attached hydrogen (secondary N) is 1. The summed E-state index contributed by atoms with van der Waals surface area (Å²) in [6.07, 6.45) is 0. The summed E-state index contributed by atoms with van der Waals surface area (Å²) in [4.78, 5) is 0. The number of hydrogen-bond donors (Lipinski definition) is 1. The molecule has 0 aromatic heterocycles. The molecule has 106 valence electrons. The number of hydrogen-bond acceptors (Lipinski definition) is 3. The summed E-state index contributed by atoms with van der Waals surface area (Å²) < 4.78 is 10.5. The number of halogens is 2. The van der Waals surface area contributed by atoms with Gasteiger partial charge in [0, 0.05) is 23.7 Å². The molecule has 2 aromatic rings. The molecule has 0 amide bonds. The van der Waals surface area contributed by atoms with E-state index >= 15 is 0 Å². The van der Waals surface area contributed by atoms with E-state index in [2.05, 4.69) is 5.32 Å². The molecule has 0 spiro atoms. The quantitative estimate of drug-likeness (QED) is 0.873. The predicted molar refractivity (Wildman–Crippen MR) is 83.3 cm³/mol. The molecule has 0 aliphatic carbocycles. The zero-order chi connectivity index (χ0) is 14.5. The molecular formula is C15H15Cl2NO2. The van der Waals surface area contributed by atoms with Crippen molar-refractivity contribution in [1.82, 2.24) is 0 Å². The van der Waals surface area contributed by atoms with Gasteiger partial charge in [-0.1, -0.05) is 35.3 Å². The summed E-state index contributed by atoms with van der Waals surface area (Å²) >= 11 is 12.1. The first-order valence-electron chi connectivity index (χ1n) is 6.04. The molecule has 0 fully saturated rings. The summed E-state index contributed by atoms with van der Waals surface area (Å²) in [5.41, 5.74) is 1.90. The zero-order valence-corrected chi connectivity index (χ0v) is 12.8. The molecule has 20 heavy (non-hydrogen) atoms. The van der Waals surface area contributed by atoms with E-state index in [-0.39, 0.29) is 0 Å². The van der Waals surface area contributed by atoms with Crippen LogP contribution < -0.4 is 14.8 Å². The number of ether oxygens (including phenoxy) is 2. The van der Waals surface area contributed by atoms with Gasteiger partial charge in [0.25, 0.3) is 0 Å². The third-order valence-electron chi connectivity index (χ3n) is 2.87. The molecule has 0 bridgehead atoms. The first-order valence-corrected chi connectivity index (χ1v) is 6.79. The van der Waals surface area contributed by atoms with Crippen LogP contribution in [0.4, 0.5) is 5.69 Å². The van der Waals surface area contributed by atoms with E-state index in [1.54, 1.807) is 20.3 Å². The van der Waals surface area contributed by atoms with Gasteiger partial charge >= 0.3 is 0 Å². The van der Waals surface area contributed by atoms with E-state index in [0.29, 0.717) is 23.1 Å². The average molecular weight is 312 g/mol. The fourth-order valence-corrected chi connectivity index (χ4v) is 2.14. The third-order valence-corrected chi connectivity index (χ3v) is 3.43. The molecular weight excluding hydrogens is 297 g/mol. The fourth-order valence-electron chi connectivity index (χ4n) is 1.79. The van der Waals surface area contributed by atoms with Crippen molar-refractivity contribution >= 4 is 28.9 Å². The molecule has 0 saturated heterocycles. The maximum atomic E-state index is 6.21. The lowest BCUT2D eigenvalue weighted by molar-refractivity contribution is 0.355. The minimum absolute atomic E-state index is 0.580. The number of rotatable bonds is 5. The second-order valence-electron chi connectivity index (χ2n) is 4.17. The lowest BCUT2D eigenvalue weighted by Crippen LogP contribution is -2.01. The molecule has 1 N–H and O–H groups in total. The van der Waals surface area contributed by atoms with Crippen LogP contribution in [-0.4, -0.2) is 14.2 Å². The van der Waals surface area contributed by atoms with Crippen LogP contribution in [0.15, 0.2) is 36.4 Å². The molecule has 2 aromatic carbocycles. The summed E-state index contributed by atoms with van der Waals surface area (Å²) in [7, 11) is 3.17. The predicted octanol–water partition coefficient (Wildman–Crippen LogP) is 4.62. The Morgan fingerprint density at radius 2 is 1.55 bits per heavy atom. The van der Waals surface area contributed by atoms with E-state index in [1.165, 1.54) is 0 Å². The van der Waals surface area contributed by atoms with Gasteiger partial charge in [-0.2, -0.15) is 0 Å². The number of benzene rings is 2. The summed E-state index contributed by atoms with van der Waals surface area (Å²) in [6.45, 7) is 0.645. The first-order chi connectivity index (χ1) is 9.63.